The van der Waals surface area contributed by atoms with Crippen LogP contribution in [-0.2, 0) is 0 Å². The van der Waals surface area contributed by atoms with E-state index in [0.29, 0.717) is 0 Å². The van der Waals surface area contributed by atoms with Crippen molar-refractivity contribution in [1.29, 1.82) is 0 Å². The first-order chi connectivity index (χ1) is 9.42. The summed E-state index contributed by atoms with van der Waals surface area (Å²) in [5.41, 5.74) is 4.33. The third-order valence-corrected chi connectivity index (χ3v) is 3.43. The first-order valence-corrected chi connectivity index (χ1v) is 6.35. The van der Waals surface area contributed by atoms with Gasteiger partial charge in [-0.3, -0.25) is 0 Å². The predicted octanol–water partition coefficient (Wildman–Crippen LogP) is 3.03. The van der Waals surface area contributed by atoms with Crippen molar-refractivity contribution < 1.29 is 4.74 Å². The van der Waals surface area contributed by atoms with E-state index in [1.54, 1.807) is 0 Å². The van der Waals surface area contributed by atoms with E-state index in [-0.39, 0.29) is 0 Å². The Hall–Kier alpha value is -2.49. The van der Waals surface area contributed by atoms with Crippen molar-refractivity contribution in [3.8, 4) is 16.9 Å². The van der Waals surface area contributed by atoms with Gasteiger partial charge in [0.25, 0.3) is 0 Å². The maximum Gasteiger partial charge on any atom is 0.142 e. The van der Waals surface area contributed by atoms with Crippen LogP contribution in [0, 0.1) is 0 Å². The molecule has 1 aliphatic heterocycles. The Morgan fingerprint density at radius 2 is 2.16 bits per heavy atom. The average molecular weight is 251 g/mol. The second kappa shape index (κ2) is 4.02. The molecule has 2 N–H and O–H groups in total. The molecule has 0 amide bonds. The van der Waals surface area contributed by atoms with E-state index in [9.17, 15) is 0 Å². The number of aromatic nitrogens is 2. The fourth-order valence-electron chi connectivity index (χ4n) is 2.52. The van der Waals surface area contributed by atoms with Crippen molar-refractivity contribution >= 4 is 16.7 Å². The van der Waals surface area contributed by atoms with Gasteiger partial charge in [-0.1, -0.05) is 6.07 Å². The lowest BCUT2D eigenvalue weighted by atomic mass is 10.0. The van der Waals surface area contributed by atoms with Crippen LogP contribution in [0.25, 0.3) is 22.2 Å². The van der Waals surface area contributed by atoms with Gasteiger partial charge in [-0.2, -0.15) is 0 Å². The number of nitrogens with one attached hydrogen (secondary N) is 2. The number of ether oxygens (including phenoxy) is 1. The second-order valence-corrected chi connectivity index (χ2v) is 4.58. The Morgan fingerprint density at radius 3 is 3.16 bits per heavy atom. The summed E-state index contributed by atoms with van der Waals surface area (Å²) in [6.45, 7) is 1.58. The smallest absolute Gasteiger partial charge is 0.142 e. The molecular weight excluding hydrogens is 238 g/mol. The summed E-state index contributed by atoms with van der Waals surface area (Å²) < 4.78 is 5.61. The maximum absolute atomic E-state index is 5.61. The lowest BCUT2D eigenvalue weighted by Crippen LogP contribution is -2.17. The molecule has 4 rings (SSSR count). The van der Waals surface area contributed by atoms with Gasteiger partial charge in [0.15, 0.2) is 0 Å². The van der Waals surface area contributed by atoms with E-state index in [4.69, 9.17) is 4.74 Å². The van der Waals surface area contributed by atoms with Crippen molar-refractivity contribution in [3.63, 3.8) is 0 Å². The fourth-order valence-corrected chi connectivity index (χ4v) is 2.52. The van der Waals surface area contributed by atoms with Gasteiger partial charge in [0, 0.05) is 24.3 Å². The van der Waals surface area contributed by atoms with Gasteiger partial charge in [-0.25, -0.2) is 4.98 Å². The molecule has 0 atom stereocenters. The van der Waals surface area contributed by atoms with Crippen LogP contribution >= 0.6 is 0 Å². The van der Waals surface area contributed by atoms with Crippen LogP contribution in [0.4, 0.5) is 5.69 Å². The van der Waals surface area contributed by atoms with Crippen molar-refractivity contribution in [2.75, 3.05) is 18.5 Å². The van der Waals surface area contributed by atoms with E-state index in [0.717, 1.165) is 35.6 Å². The number of benzene rings is 1. The van der Waals surface area contributed by atoms with Crippen LogP contribution in [0.1, 0.15) is 0 Å². The minimum absolute atomic E-state index is 0.726. The molecule has 0 saturated heterocycles. The van der Waals surface area contributed by atoms with Gasteiger partial charge in [0.05, 0.1) is 5.69 Å². The third kappa shape index (κ3) is 1.64. The standard InChI is InChI=1S/C15H13N3O/c1-2-14-13(16-7-8-19-14)9-10(1)11-3-5-17-15-12(11)4-6-18-15/h1-6,9,16H,7-8H2,(H,17,18). The van der Waals surface area contributed by atoms with Crippen molar-refractivity contribution in [2.45, 2.75) is 0 Å². The number of H-pyrrole nitrogens is 1. The van der Waals surface area contributed by atoms with Crippen molar-refractivity contribution in [1.82, 2.24) is 9.97 Å². The molecule has 0 bridgehead atoms. The Balaban J connectivity index is 1.90. The predicted molar refractivity (Wildman–Crippen MR) is 75.5 cm³/mol. The fraction of sp³-hybridized carbons (Fsp3) is 0.133. The number of hydrogen-bond acceptors (Lipinski definition) is 3. The van der Waals surface area contributed by atoms with Crippen LogP contribution in [0.3, 0.4) is 0 Å². The molecular formula is C15H13N3O. The molecule has 0 saturated carbocycles. The molecule has 1 aliphatic rings. The summed E-state index contributed by atoms with van der Waals surface area (Å²) in [5, 5.41) is 4.50. The largest absolute Gasteiger partial charge is 0.490 e. The molecule has 0 aliphatic carbocycles. The number of hydrogen-bond donors (Lipinski definition) is 2. The number of pyridine rings is 1. The van der Waals surface area contributed by atoms with E-state index >= 15 is 0 Å². The molecule has 1 aromatic carbocycles. The summed E-state index contributed by atoms with van der Waals surface area (Å²) in [6, 6.07) is 10.3. The van der Waals surface area contributed by atoms with Crippen LogP contribution < -0.4 is 10.1 Å². The molecule has 19 heavy (non-hydrogen) atoms. The van der Waals surface area contributed by atoms with Gasteiger partial charge in [-0.15, -0.1) is 0 Å². The first-order valence-electron chi connectivity index (χ1n) is 6.35. The molecule has 3 heterocycles. The minimum Gasteiger partial charge on any atom is -0.490 e. The number of nitrogens with zero attached hydrogens (tertiary/aromatic N) is 1. The Bertz CT molecular complexity index is 748. The number of fused-ring (bicyclic) bond motifs is 2. The zero-order valence-corrected chi connectivity index (χ0v) is 10.3. The molecule has 3 aromatic rings. The number of rotatable bonds is 1. The zero-order chi connectivity index (χ0) is 12.7. The Kier molecular flexibility index (Phi) is 2.21. The summed E-state index contributed by atoms with van der Waals surface area (Å²) in [6.07, 6.45) is 3.75. The molecule has 0 spiro atoms. The van der Waals surface area contributed by atoms with Crippen LogP contribution in [-0.4, -0.2) is 23.1 Å². The molecule has 0 radical (unpaired) electrons. The topological polar surface area (TPSA) is 49.9 Å². The van der Waals surface area contributed by atoms with Gasteiger partial charge in [0.1, 0.15) is 18.0 Å². The quantitative estimate of drug-likeness (QED) is 0.699. The van der Waals surface area contributed by atoms with E-state index < -0.39 is 0 Å². The first kappa shape index (κ1) is 10.4. The van der Waals surface area contributed by atoms with E-state index in [2.05, 4.69) is 33.5 Å². The van der Waals surface area contributed by atoms with E-state index in [1.165, 1.54) is 11.1 Å². The van der Waals surface area contributed by atoms with Gasteiger partial charge < -0.3 is 15.0 Å². The molecule has 4 nitrogen and oxygen atoms in total. The number of aromatic amines is 1. The van der Waals surface area contributed by atoms with Crippen LogP contribution in [0.2, 0.25) is 0 Å². The molecule has 0 unspecified atom stereocenters. The second-order valence-electron chi connectivity index (χ2n) is 4.58. The Labute approximate surface area is 110 Å². The Morgan fingerprint density at radius 1 is 1.16 bits per heavy atom. The lowest BCUT2D eigenvalue weighted by Gasteiger charge is -2.19. The minimum atomic E-state index is 0.726. The van der Waals surface area contributed by atoms with Crippen molar-refractivity contribution in [3.05, 3.63) is 42.7 Å². The maximum atomic E-state index is 5.61. The lowest BCUT2D eigenvalue weighted by molar-refractivity contribution is 0.323. The highest BCUT2D eigenvalue weighted by Crippen LogP contribution is 2.34. The van der Waals surface area contributed by atoms with Gasteiger partial charge in [-0.05, 0) is 35.4 Å². The monoisotopic (exact) mass is 251 g/mol. The SMILES string of the molecule is c1cc(-c2ccc3c(c2)NCCO3)c2cc[nH]c2n1. The highest BCUT2D eigenvalue weighted by Gasteiger charge is 2.12. The molecule has 4 heteroatoms. The summed E-state index contributed by atoms with van der Waals surface area (Å²) in [4.78, 5) is 7.46. The zero-order valence-electron chi connectivity index (χ0n) is 10.3. The summed E-state index contributed by atoms with van der Waals surface area (Å²) >= 11 is 0. The molecule has 2 aromatic heterocycles. The van der Waals surface area contributed by atoms with E-state index in [1.807, 2.05) is 24.5 Å². The average Bonchev–Trinajstić information content (AvgIpc) is 2.95. The molecule has 94 valence electrons. The number of anilines is 1. The normalized spacial score (nSPS) is 13.7. The third-order valence-electron chi connectivity index (χ3n) is 3.43. The van der Waals surface area contributed by atoms with Crippen LogP contribution in [0.15, 0.2) is 42.7 Å². The van der Waals surface area contributed by atoms with Crippen molar-refractivity contribution in [2.24, 2.45) is 0 Å². The van der Waals surface area contributed by atoms with Crippen LogP contribution in [0.5, 0.6) is 5.75 Å². The van der Waals surface area contributed by atoms with Gasteiger partial charge >= 0.3 is 0 Å². The highest BCUT2D eigenvalue weighted by molar-refractivity contribution is 5.93. The van der Waals surface area contributed by atoms with Gasteiger partial charge in [0.2, 0.25) is 0 Å². The summed E-state index contributed by atoms with van der Waals surface area (Å²) in [7, 11) is 0. The molecule has 0 fully saturated rings. The summed E-state index contributed by atoms with van der Waals surface area (Å²) in [5.74, 6) is 0.925. The highest BCUT2D eigenvalue weighted by atomic mass is 16.5.